The molecule has 0 aliphatic carbocycles. The van der Waals surface area contributed by atoms with E-state index in [2.05, 4.69) is 4.98 Å². The fraction of sp³-hybridized carbons (Fsp3) is 0.357. The minimum absolute atomic E-state index is 0.154. The summed E-state index contributed by atoms with van der Waals surface area (Å²) in [5, 5.41) is 0.875. The van der Waals surface area contributed by atoms with Crippen LogP contribution in [0, 0.1) is 0 Å². The lowest BCUT2D eigenvalue weighted by molar-refractivity contribution is -0.119. The Bertz CT molecular complexity index is 596. The number of pyridine rings is 1. The van der Waals surface area contributed by atoms with Crippen LogP contribution in [0.3, 0.4) is 0 Å². The van der Waals surface area contributed by atoms with Crippen LogP contribution in [0.1, 0.15) is 12.5 Å². The monoisotopic (exact) mass is 283 g/mol. The maximum Gasteiger partial charge on any atom is 0.405 e. The molecule has 0 fully saturated rings. The molecule has 6 heteroatoms. The van der Waals surface area contributed by atoms with Gasteiger partial charge in [0.2, 0.25) is 0 Å². The fourth-order valence-electron chi connectivity index (χ4n) is 2.13. The maximum atomic E-state index is 12.6. The molecule has 0 unspecified atom stereocenters. The zero-order valence-corrected chi connectivity index (χ0v) is 11.1. The lowest BCUT2D eigenvalue weighted by atomic mass is 10.1. The molecule has 0 saturated carbocycles. The predicted octanol–water partition coefficient (Wildman–Crippen LogP) is 3.08. The highest BCUT2D eigenvalue weighted by molar-refractivity contribution is 5.81. The van der Waals surface area contributed by atoms with E-state index in [0.717, 1.165) is 5.39 Å². The molecule has 2 aromatic rings. The molecule has 0 bridgehead atoms. The Kier molecular flexibility index (Phi) is 4.13. The van der Waals surface area contributed by atoms with Crippen LogP contribution < -0.4 is 10.6 Å². The van der Waals surface area contributed by atoms with Gasteiger partial charge in [-0.3, -0.25) is 0 Å². The first kappa shape index (κ1) is 14.6. The summed E-state index contributed by atoms with van der Waals surface area (Å²) in [7, 11) is 0. The smallest absolute Gasteiger partial charge is 0.348 e. The van der Waals surface area contributed by atoms with Gasteiger partial charge in [0, 0.05) is 24.0 Å². The van der Waals surface area contributed by atoms with Crippen molar-refractivity contribution >= 4 is 16.7 Å². The Balaban J connectivity index is 2.50. The Hall–Kier alpha value is -1.82. The van der Waals surface area contributed by atoms with Crippen LogP contribution in [-0.4, -0.2) is 24.2 Å². The lowest BCUT2D eigenvalue weighted by Crippen LogP contribution is -2.35. The van der Waals surface area contributed by atoms with Gasteiger partial charge in [-0.25, -0.2) is 4.98 Å². The van der Waals surface area contributed by atoms with Crippen LogP contribution in [0.2, 0.25) is 0 Å². The van der Waals surface area contributed by atoms with Crippen molar-refractivity contribution in [2.45, 2.75) is 19.6 Å². The SMILES string of the molecule is CCN(CC(F)(F)F)c1nc2ccccc2cc1CN. The number of nitrogens with zero attached hydrogens (tertiary/aromatic N) is 2. The van der Waals surface area contributed by atoms with Gasteiger partial charge in [0.15, 0.2) is 0 Å². The van der Waals surface area contributed by atoms with Crippen LogP contribution in [0.5, 0.6) is 0 Å². The second-order valence-corrected chi connectivity index (χ2v) is 4.50. The molecular formula is C14H16F3N3. The summed E-state index contributed by atoms with van der Waals surface area (Å²) in [4.78, 5) is 5.55. The third kappa shape index (κ3) is 3.19. The summed E-state index contributed by atoms with van der Waals surface area (Å²) < 4.78 is 37.9. The van der Waals surface area contributed by atoms with Crippen molar-refractivity contribution in [3.8, 4) is 0 Å². The second-order valence-electron chi connectivity index (χ2n) is 4.50. The molecule has 2 N–H and O–H groups in total. The highest BCUT2D eigenvalue weighted by Gasteiger charge is 2.31. The number of aromatic nitrogens is 1. The van der Waals surface area contributed by atoms with Gasteiger partial charge in [0.25, 0.3) is 0 Å². The predicted molar refractivity (Wildman–Crippen MR) is 73.6 cm³/mol. The lowest BCUT2D eigenvalue weighted by Gasteiger charge is -2.25. The minimum atomic E-state index is -4.27. The molecule has 0 saturated heterocycles. The van der Waals surface area contributed by atoms with Crippen molar-refractivity contribution < 1.29 is 13.2 Å². The number of hydrogen-bond acceptors (Lipinski definition) is 3. The zero-order chi connectivity index (χ0) is 14.8. The zero-order valence-electron chi connectivity index (χ0n) is 11.1. The standard InChI is InChI=1S/C14H16F3N3/c1-2-20(9-14(15,16)17)13-11(8-18)7-10-5-3-4-6-12(10)19-13/h3-7H,2,8-9,18H2,1H3. The van der Waals surface area contributed by atoms with Crippen molar-refractivity contribution in [2.75, 3.05) is 18.0 Å². The van der Waals surface area contributed by atoms with E-state index in [0.29, 0.717) is 16.9 Å². The van der Waals surface area contributed by atoms with Gasteiger partial charge < -0.3 is 10.6 Å². The Labute approximate surface area is 115 Å². The van der Waals surface area contributed by atoms with Gasteiger partial charge in [-0.15, -0.1) is 0 Å². The molecule has 1 aromatic carbocycles. The molecular weight excluding hydrogens is 267 g/mol. The first-order valence-electron chi connectivity index (χ1n) is 6.35. The van der Waals surface area contributed by atoms with Crippen molar-refractivity contribution in [3.63, 3.8) is 0 Å². The summed E-state index contributed by atoms with van der Waals surface area (Å²) in [6.45, 7) is 1.02. The van der Waals surface area contributed by atoms with Crippen molar-refractivity contribution in [2.24, 2.45) is 5.73 Å². The number of fused-ring (bicyclic) bond motifs is 1. The van der Waals surface area contributed by atoms with Crippen LogP contribution in [0.15, 0.2) is 30.3 Å². The third-order valence-electron chi connectivity index (χ3n) is 3.05. The molecule has 0 aliphatic heterocycles. The molecule has 1 heterocycles. The van der Waals surface area contributed by atoms with Gasteiger partial charge >= 0.3 is 6.18 Å². The van der Waals surface area contributed by atoms with Gasteiger partial charge in [-0.1, -0.05) is 18.2 Å². The Morgan fingerprint density at radius 1 is 1.25 bits per heavy atom. The summed E-state index contributed by atoms with van der Waals surface area (Å²) >= 11 is 0. The van der Waals surface area contributed by atoms with Gasteiger partial charge in [-0.2, -0.15) is 13.2 Å². The molecule has 1 aromatic heterocycles. The number of benzene rings is 1. The quantitative estimate of drug-likeness (QED) is 0.937. The van der Waals surface area contributed by atoms with E-state index < -0.39 is 12.7 Å². The molecule has 2 rings (SSSR count). The first-order chi connectivity index (χ1) is 9.44. The van der Waals surface area contributed by atoms with E-state index >= 15 is 0 Å². The molecule has 0 radical (unpaired) electrons. The van der Waals surface area contributed by atoms with E-state index in [1.807, 2.05) is 12.1 Å². The third-order valence-corrected chi connectivity index (χ3v) is 3.05. The average Bonchev–Trinajstić information content (AvgIpc) is 2.42. The topological polar surface area (TPSA) is 42.2 Å². The fourth-order valence-corrected chi connectivity index (χ4v) is 2.13. The maximum absolute atomic E-state index is 12.6. The van der Waals surface area contributed by atoms with Crippen LogP contribution in [0.25, 0.3) is 10.9 Å². The number of anilines is 1. The Morgan fingerprint density at radius 2 is 1.95 bits per heavy atom. The highest BCUT2D eigenvalue weighted by Crippen LogP contribution is 2.26. The van der Waals surface area contributed by atoms with E-state index in [9.17, 15) is 13.2 Å². The number of rotatable bonds is 4. The summed E-state index contributed by atoms with van der Waals surface area (Å²) in [6.07, 6.45) is -4.27. The molecule has 20 heavy (non-hydrogen) atoms. The second kappa shape index (κ2) is 5.66. The molecule has 0 spiro atoms. The largest absolute Gasteiger partial charge is 0.405 e. The number of halogens is 3. The van der Waals surface area contributed by atoms with E-state index in [1.165, 1.54) is 4.90 Å². The number of hydrogen-bond donors (Lipinski definition) is 1. The molecule has 0 aliphatic rings. The first-order valence-corrected chi connectivity index (χ1v) is 6.35. The number of alkyl halides is 3. The highest BCUT2D eigenvalue weighted by atomic mass is 19.4. The molecule has 0 amide bonds. The van der Waals surface area contributed by atoms with E-state index in [-0.39, 0.29) is 13.1 Å². The van der Waals surface area contributed by atoms with Gasteiger partial charge in [0.05, 0.1) is 5.52 Å². The van der Waals surface area contributed by atoms with Crippen molar-refractivity contribution in [1.82, 2.24) is 4.98 Å². The molecule has 108 valence electrons. The average molecular weight is 283 g/mol. The van der Waals surface area contributed by atoms with Gasteiger partial charge in [-0.05, 0) is 19.1 Å². The normalized spacial score (nSPS) is 11.8. The van der Waals surface area contributed by atoms with Crippen molar-refractivity contribution in [3.05, 3.63) is 35.9 Å². The van der Waals surface area contributed by atoms with Crippen LogP contribution in [-0.2, 0) is 6.54 Å². The van der Waals surface area contributed by atoms with Crippen molar-refractivity contribution in [1.29, 1.82) is 0 Å². The summed E-state index contributed by atoms with van der Waals surface area (Å²) in [5.74, 6) is 0.311. The number of nitrogens with two attached hydrogens (primary N) is 1. The number of para-hydroxylation sites is 1. The van der Waals surface area contributed by atoms with E-state index in [1.54, 1.807) is 25.1 Å². The Morgan fingerprint density at radius 3 is 2.55 bits per heavy atom. The minimum Gasteiger partial charge on any atom is -0.348 e. The van der Waals surface area contributed by atoms with Gasteiger partial charge in [0.1, 0.15) is 12.4 Å². The summed E-state index contributed by atoms with van der Waals surface area (Å²) in [6, 6.07) is 9.11. The van der Waals surface area contributed by atoms with E-state index in [4.69, 9.17) is 5.73 Å². The van der Waals surface area contributed by atoms with Crippen LogP contribution in [0.4, 0.5) is 19.0 Å². The molecule has 0 atom stereocenters. The summed E-state index contributed by atoms with van der Waals surface area (Å²) in [5.41, 5.74) is 6.94. The van der Waals surface area contributed by atoms with Crippen LogP contribution >= 0.6 is 0 Å². The molecule has 3 nitrogen and oxygen atoms in total.